The second-order valence-electron chi connectivity index (χ2n) is 21.5. The normalized spacial score (nSPS) is 15.2. The molecule has 4 heterocycles. The lowest BCUT2D eigenvalue weighted by Crippen LogP contribution is -2.55. The van der Waals surface area contributed by atoms with Gasteiger partial charge < -0.3 is 74.6 Å². The Morgan fingerprint density at radius 3 is 2.12 bits per heavy atom. The number of anilines is 1. The third-order valence-corrected chi connectivity index (χ3v) is 14.9. The molecular formula is C62H78FN7O16. The van der Waals surface area contributed by atoms with Gasteiger partial charge in [0, 0.05) is 34.7 Å². The van der Waals surface area contributed by atoms with Gasteiger partial charge in [-0.2, -0.15) is 0 Å². The van der Waals surface area contributed by atoms with Crippen LogP contribution >= 0.6 is 0 Å². The molecule has 0 saturated heterocycles. The minimum Gasteiger partial charge on any atom is -0.508 e. The zero-order valence-electron chi connectivity index (χ0n) is 49.5. The summed E-state index contributed by atoms with van der Waals surface area (Å²) in [5.41, 5.74) is 8.16. The summed E-state index contributed by atoms with van der Waals surface area (Å²) < 4.78 is 59.6. The summed E-state index contributed by atoms with van der Waals surface area (Å²) in [6.45, 7) is 12.3. The number of nitrogens with two attached hydrogens (primary N) is 1. The van der Waals surface area contributed by atoms with E-state index in [1.54, 1.807) is 67.8 Å². The summed E-state index contributed by atoms with van der Waals surface area (Å²) in [7, 11) is 0. The molecule has 5 aromatic rings. The number of carbonyl (C=O) groups excluding carboxylic acids is 6. The number of cyclic esters (lactones) is 1. The molecule has 2 aliphatic rings. The maximum atomic E-state index is 14.1. The Morgan fingerprint density at radius 1 is 0.814 bits per heavy atom. The van der Waals surface area contributed by atoms with E-state index in [1.165, 1.54) is 6.07 Å². The number of benzene rings is 3. The Balaban J connectivity index is 0.840. The van der Waals surface area contributed by atoms with Crippen LogP contribution in [0.4, 0.5) is 19.7 Å². The number of ether oxygens (including phenoxy) is 8. The molecule has 7 rings (SSSR count). The highest BCUT2D eigenvalue weighted by Gasteiger charge is 2.51. The molecule has 7 N–H and O–H groups in total. The van der Waals surface area contributed by atoms with E-state index in [-0.39, 0.29) is 101 Å². The van der Waals surface area contributed by atoms with E-state index in [2.05, 4.69) is 21.3 Å². The highest BCUT2D eigenvalue weighted by molar-refractivity contribution is 5.98. The van der Waals surface area contributed by atoms with Crippen LogP contribution in [0.1, 0.15) is 100 Å². The number of phenolic OH excluding ortho intramolecular Hbond substituents is 1. The van der Waals surface area contributed by atoms with Crippen molar-refractivity contribution in [1.82, 2.24) is 25.5 Å². The molecular weight excluding hydrogens is 1120 g/mol. The Hall–Kier alpha value is -8.19. The number of pyridine rings is 2. The summed E-state index contributed by atoms with van der Waals surface area (Å²) in [5.74, 6) is -2.25. The third-order valence-electron chi connectivity index (χ3n) is 14.9. The molecule has 0 radical (unpaired) electrons. The molecule has 3 aromatic carbocycles. The number of alkyl halides is 1. The number of halogens is 1. The van der Waals surface area contributed by atoms with E-state index in [1.807, 2.05) is 45.0 Å². The Bertz CT molecular complexity index is 3230. The number of amides is 5. The minimum atomic E-state index is -2.03. The molecule has 0 saturated carbocycles. The number of aromatic nitrogens is 2. The molecule has 2 aromatic heterocycles. The molecule has 0 fully saturated rings. The average Bonchev–Trinajstić information content (AvgIpc) is 1.55. The van der Waals surface area contributed by atoms with Crippen LogP contribution in [0, 0.1) is 11.8 Å². The zero-order valence-corrected chi connectivity index (χ0v) is 49.5. The van der Waals surface area contributed by atoms with Crippen LogP contribution < -0.4 is 37.3 Å². The Labute approximate surface area is 498 Å². The predicted molar refractivity (Wildman–Crippen MR) is 314 cm³/mol. The fourth-order valence-electron chi connectivity index (χ4n) is 10.2. The Kier molecular flexibility index (Phi) is 23.8. The summed E-state index contributed by atoms with van der Waals surface area (Å²) >= 11 is 0. The van der Waals surface area contributed by atoms with Crippen molar-refractivity contribution in [2.24, 2.45) is 17.6 Å². The van der Waals surface area contributed by atoms with Crippen LogP contribution in [0.5, 0.6) is 11.5 Å². The molecule has 5 amide bonds. The van der Waals surface area contributed by atoms with E-state index in [9.17, 15) is 43.1 Å². The van der Waals surface area contributed by atoms with Gasteiger partial charge in [0.05, 0.1) is 81.9 Å². The number of fused-ring (bicyclic) bond motifs is 5. The topological polar surface area (TPSA) is 306 Å². The molecule has 1 unspecified atom stereocenters. The number of rotatable bonds is 33. The first-order valence-corrected chi connectivity index (χ1v) is 28.9. The smallest absolute Gasteiger partial charge is 0.508 e. The van der Waals surface area contributed by atoms with Crippen molar-refractivity contribution in [2.75, 3.05) is 78.0 Å². The van der Waals surface area contributed by atoms with E-state index in [0.29, 0.717) is 73.4 Å². The van der Waals surface area contributed by atoms with E-state index >= 15 is 0 Å². The maximum absolute atomic E-state index is 14.1. The number of hydrogen-bond donors (Lipinski definition) is 6. The number of aromatic hydroxyl groups is 1. The molecule has 4 atom stereocenters. The van der Waals surface area contributed by atoms with Crippen molar-refractivity contribution < 1.29 is 76.2 Å². The minimum absolute atomic E-state index is 0.0740. The quantitative estimate of drug-likeness (QED) is 0.0187. The number of esters is 1. The van der Waals surface area contributed by atoms with Crippen LogP contribution in [0.25, 0.3) is 22.3 Å². The number of nitrogens with one attached hydrogen (secondary N) is 4. The highest BCUT2D eigenvalue weighted by atomic mass is 19.1. The highest BCUT2D eigenvalue weighted by Crippen LogP contribution is 2.43. The van der Waals surface area contributed by atoms with Crippen molar-refractivity contribution in [3.63, 3.8) is 0 Å². The fraction of sp³-hybridized carbons (Fsp3) is 0.484. The lowest BCUT2D eigenvalue weighted by atomic mass is 9.85. The zero-order chi connectivity index (χ0) is 61.9. The van der Waals surface area contributed by atoms with Gasteiger partial charge in [-0.15, -0.1) is 0 Å². The summed E-state index contributed by atoms with van der Waals surface area (Å²) in [5, 5.41) is 21.6. The molecule has 0 aliphatic carbocycles. The van der Waals surface area contributed by atoms with Gasteiger partial charge in [-0.1, -0.05) is 65.8 Å². The second-order valence-corrected chi connectivity index (χ2v) is 21.5. The van der Waals surface area contributed by atoms with Gasteiger partial charge in [-0.05, 0) is 103 Å². The molecule has 23 nitrogen and oxygen atoms in total. The molecule has 0 bridgehead atoms. The number of urea groups is 1. The number of primary amides is 1. The van der Waals surface area contributed by atoms with Crippen LogP contribution in [0.3, 0.4) is 0 Å². The van der Waals surface area contributed by atoms with Gasteiger partial charge in [-0.3, -0.25) is 23.6 Å². The van der Waals surface area contributed by atoms with Gasteiger partial charge in [0.2, 0.25) is 23.3 Å². The summed E-state index contributed by atoms with van der Waals surface area (Å²) in [6.07, 6.45) is -0.386. The fourth-order valence-corrected chi connectivity index (χ4v) is 10.2. The number of carbonyl (C=O) groups is 6. The first kappa shape index (κ1) is 65.4. The van der Waals surface area contributed by atoms with E-state index < -0.39 is 71.7 Å². The molecule has 2 aliphatic heterocycles. The van der Waals surface area contributed by atoms with Crippen LogP contribution in [-0.2, 0) is 84.1 Å². The largest absolute Gasteiger partial charge is 0.510 e. The number of phenols is 1. The first-order chi connectivity index (χ1) is 41.4. The standard InChI is InChI=1S/C62H78FN7O16/c1-7-44-45-30-42(71)17-20-50(45)67-55-47(44)33-70-52(55)31-49-48(58(70)75)35-84-59(76)62(49,8-2)86-61(78)85-34-39-11-15-41(16-12-39)66-56(73)51(10-9-21-65-60(64)77)68-57(74)54(38(5)6)69-53(72)36-82-27-26-80-23-22-79-24-25-81-28-29-83-43-18-13-40(14-19-43)46(32-63)37(3)4/h11-20,30-31,37-38,46,51,54,71H,7-10,21-29,32-36H2,1-6H3,(H,66,73)(H,68,74)(H,69,72)(H3,64,65,77)/t46?,51-,54-,62-/m0/s1. The van der Waals surface area contributed by atoms with Gasteiger partial charge in [0.15, 0.2) is 0 Å². The Morgan fingerprint density at radius 2 is 1.49 bits per heavy atom. The predicted octanol–water partition coefficient (Wildman–Crippen LogP) is 6.58. The molecule has 464 valence electrons. The van der Waals surface area contributed by atoms with E-state index in [0.717, 1.165) is 22.1 Å². The number of aryl methyl sites for hydroxylation is 1. The second kappa shape index (κ2) is 31.3. The van der Waals surface area contributed by atoms with Crippen LogP contribution in [0.2, 0.25) is 0 Å². The first-order valence-electron chi connectivity index (χ1n) is 28.9. The van der Waals surface area contributed by atoms with Gasteiger partial charge >= 0.3 is 18.2 Å². The lowest BCUT2D eigenvalue weighted by molar-refractivity contribution is -0.175. The van der Waals surface area contributed by atoms with Crippen molar-refractivity contribution in [2.45, 2.75) is 111 Å². The van der Waals surface area contributed by atoms with Crippen LogP contribution in [-0.4, -0.2) is 135 Å². The molecule has 86 heavy (non-hydrogen) atoms. The summed E-state index contributed by atoms with van der Waals surface area (Å²) in [4.78, 5) is 98.0. The van der Waals surface area contributed by atoms with Crippen molar-refractivity contribution in [3.05, 3.63) is 117 Å². The van der Waals surface area contributed by atoms with E-state index in [4.69, 9.17) is 48.6 Å². The lowest BCUT2D eigenvalue weighted by Gasteiger charge is -2.35. The molecule has 24 heteroatoms. The average molecular weight is 1200 g/mol. The van der Waals surface area contributed by atoms with Crippen molar-refractivity contribution in [1.29, 1.82) is 0 Å². The monoisotopic (exact) mass is 1200 g/mol. The summed E-state index contributed by atoms with van der Waals surface area (Å²) in [6, 6.07) is 17.3. The van der Waals surface area contributed by atoms with Gasteiger partial charge in [-0.25, -0.2) is 19.4 Å². The SMILES string of the molecule is CCc1c2c(nc3ccc(O)cc13)-c1cc3c(c(=O)n1C2)COC(=O)[C@@]3(CC)OC(=O)OCc1ccc(NC(=O)[C@H](CCCNC(N)=O)NC(=O)[C@@H](NC(=O)COCCOCCOCCOCCOc2ccc(C(CF)C(C)C)cc2)C(C)C)cc1. The van der Waals surface area contributed by atoms with Gasteiger partial charge in [0.25, 0.3) is 5.56 Å². The maximum Gasteiger partial charge on any atom is 0.510 e. The molecule has 0 spiro atoms. The van der Waals surface area contributed by atoms with Crippen molar-refractivity contribution in [3.8, 4) is 22.9 Å². The number of hydrogen-bond acceptors (Lipinski definition) is 17. The van der Waals surface area contributed by atoms with Crippen LogP contribution in [0.15, 0.2) is 77.6 Å². The van der Waals surface area contributed by atoms with Crippen molar-refractivity contribution >= 4 is 52.5 Å². The third kappa shape index (κ3) is 16.8. The van der Waals surface area contributed by atoms with Gasteiger partial charge in [0.1, 0.15) is 50.0 Å². The number of nitrogens with zero attached hydrogens (tertiary/aromatic N) is 2.